The van der Waals surface area contributed by atoms with E-state index in [1.807, 2.05) is 23.6 Å². The van der Waals surface area contributed by atoms with Crippen molar-refractivity contribution in [3.63, 3.8) is 0 Å². The van der Waals surface area contributed by atoms with Gasteiger partial charge in [0.05, 0.1) is 12.1 Å². The molecule has 3 aromatic rings. The Morgan fingerprint density at radius 3 is 2.75 bits per heavy atom. The van der Waals surface area contributed by atoms with E-state index in [4.69, 9.17) is 12.2 Å². The molecule has 0 spiro atoms. The van der Waals surface area contributed by atoms with Gasteiger partial charge in [-0.1, -0.05) is 31.2 Å². The Hall–Kier alpha value is -1.72. The van der Waals surface area contributed by atoms with E-state index in [2.05, 4.69) is 24.0 Å². The molecule has 0 atom stereocenters. The van der Waals surface area contributed by atoms with Gasteiger partial charge < -0.3 is 4.98 Å². The topological polar surface area (TPSA) is 37.8 Å². The van der Waals surface area contributed by atoms with Crippen LogP contribution in [-0.4, -0.2) is 9.55 Å². The van der Waals surface area contributed by atoms with Crippen LogP contribution in [0, 0.1) is 4.77 Å². The first-order valence-corrected chi connectivity index (χ1v) is 7.76. The Bertz CT molecular complexity index is 873. The highest BCUT2D eigenvalue weighted by atomic mass is 32.1. The van der Waals surface area contributed by atoms with Crippen LogP contribution < -0.4 is 5.56 Å². The summed E-state index contributed by atoms with van der Waals surface area (Å²) < 4.78 is 2.85. The number of aromatic amines is 1. The van der Waals surface area contributed by atoms with Crippen LogP contribution in [0.2, 0.25) is 0 Å². The number of thiophene rings is 1. The second-order valence-electron chi connectivity index (χ2n) is 4.61. The average Bonchev–Trinajstić information content (AvgIpc) is 2.92. The normalized spacial score (nSPS) is 11.1. The van der Waals surface area contributed by atoms with Gasteiger partial charge in [0.25, 0.3) is 5.56 Å². The molecular weight excluding hydrogens is 288 g/mol. The van der Waals surface area contributed by atoms with E-state index in [1.165, 1.54) is 16.9 Å². The minimum absolute atomic E-state index is 0.00958. The van der Waals surface area contributed by atoms with Crippen LogP contribution in [-0.2, 0) is 13.0 Å². The lowest BCUT2D eigenvalue weighted by Gasteiger charge is -2.10. The van der Waals surface area contributed by atoms with Crippen molar-refractivity contribution in [2.75, 3.05) is 0 Å². The van der Waals surface area contributed by atoms with Gasteiger partial charge in [0, 0.05) is 0 Å². The van der Waals surface area contributed by atoms with Crippen LogP contribution in [0.15, 0.2) is 40.5 Å². The monoisotopic (exact) mass is 302 g/mol. The van der Waals surface area contributed by atoms with Gasteiger partial charge >= 0.3 is 0 Å². The molecule has 2 heterocycles. The maximum atomic E-state index is 12.5. The lowest BCUT2D eigenvalue weighted by Crippen LogP contribution is -2.22. The predicted octanol–water partition coefficient (Wildman–Crippen LogP) is 3.73. The van der Waals surface area contributed by atoms with Gasteiger partial charge in [0.2, 0.25) is 0 Å². The van der Waals surface area contributed by atoms with Gasteiger partial charge in [0.1, 0.15) is 4.70 Å². The fraction of sp³-hybridized carbons (Fsp3) is 0.200. The molecule has 102 valence electrons. The largest absolute Gasteiger partial charge is 0.331 e. The van der Waals surface area contributed by atoms with E-state index in [9.17, 15) is 4.79 Å². The number of hydrogen-bond donors (Lipinski definition) is 1. The predicted molar refractivity (Wildman–Crippen MR) is 86.2 cm³/mol. The van der Waals surface area contributed by atoms with Crippen molar-refractivity contribution in [3.05, 3.63) is 62.0 Å². The number of hydrogen-bond acceptors (Lipinski definition) is 3. The Labute approximate surface area is 125 Å². The lowest BCUT2D eigenvalue weighted by atomic mass is 10.1. The Balaban J connectivity index is 2.15. The summed E-state index contributed by atoms with van der Waals surface area (Å²) in [5, 5.41) is 1.90. The molecule has 0 radical (unpaired) electrons. The number of aromatic nitrogens is 2. The van der Waals surface area contributed by atoms with Crippen LogP contribution in [0.25, 0.3) is 10.2 Å². The molecule has 2 aromatic heterocycles. The highest BCUT2D eigenvalue weighted by Crippen LogP contribution is 2.15. The zero-order valence-electron chi connectivity index (χ0n) is 11.1. The summed E-state index contributed by atoms with van der Waals surface area (Å²) in [6, 6.07) is 10.1. The maximum Gasteiger partial charge on any atom is 0.272 e. The summed E-state index contributed by atoms with van der Waals surface area (Å²) in [5.41, 5.74) is 3.21. The smallest absolute Gasteiger partial charge is 0.272 e. The highest BCUT2D eigenvalue weighted by molar-refractivity contribution is 7.71. The number of nitrogens with one attached hydrogen (secondary N) is 1. The fourth-order valence-electron chi connectivity index (χ4n) is 2.34. The van der Waals surface area contributed by atoms with Crippen molar-refractivity contribution < 1.29 is 0 Å². The number of aryl methyl sites for hydroxylation is 1. The van der Waals surface area contributed by atoms with Gasteiger partial charge in [-0.2, -0.15) is 0 Å². The number of fused-ring (bicyclic) bond motifs is 1. The molecule has 0 unspecified atom stereocenters. The third-order valence-electron chi connectivity index (χ3n) is 3.42. The molecule has 3 rings (SSSR count). The van der Waals surface area contributed by atoms with Crippen LogP contribution >= 0.6 is 23.6 Å². The second-order valence-corrected chi connectivity index (χ2v) is 5.91. The molecule has 0 aliphatic carbocycles. The van der Waals surface area contributed by atoms with E-state index in [-0.39, 0.29) is 5.56 Å². The third-order valence-corrected chi connectivity index (χ3v) is 4.64. The molecule has 0 aliphatic rings. The molecule has 0 saturated heterocycles. The minimum atomic E-state index is -0.00958. The Morgan fingerprint density at radius 2 is 2.00 bits per heavy atom. The van der Waals surface area contributed by atoms with E-state index >= 15 is 0 Å². The van der Waals surface area contributed by atoms with Crippen molar-refractivity contribution in [1.29, 1.82) is 0 Å². The fourth-order valence-corrected chi connectivity index (χ4v) is 3.40. The van der Waals surface area contributed by atoms with Gasteiger partial charge in [-0.15, -0.1) is 11.3 Å². The quantitative estimate of drug-likeness (QED) is 0.749. The number of benzene rings is 1. The Morgan fingerprint density at radius 1 is 1.25 bits per heavy atom. The SMILES string of the molecule is CCc1ccccc1Cn1c(=S)[nH]c2ccsc2c1=O. The minimum Gasteiger partial charge on any atom is -0.331 e. The van der Waals surface area contributed by atoms with Crippen molar-refractivity contribution in [1.82, 2.24) is 9.55 Å². The molecule has 0 fully saturated rings. The van der Waals surface area contributed by atoms with E-state index in [0.717, 1.165) is 22.2 Å². The molecular formula is C15H14N2OS2. The molecule has 1 aromatic carbocycles. The molecule has 0 saturated carbocycles. The van der Waals surface area contributed by atoms with Crippen molar-refractivity contribution in [2.24, 2.45) is 0 Å². The number of rotatable bonds is 3. The Kier molecular flexibility index (Phi) is 3.54. The van der Waals surface area contributed by atoms with E-state index in [0.29, 0.717) is 11.3 Å². The van der Waals surface area contributed by atoms with Crippen molar-refractivity contribution in [2.45, 2.75) is 19.9 Å². The van der Waals surface area contributed by atoms with Crippen molar-refractivity contribution in [3.8, 4) is 0 Å². The zero-order valence-corrected chi connectivity index (χ0v) is 12.7. The third kappa shape index (κ3) is 2.23. The molecule has 5 heteroatoms. The van der Waals surface area contributed by atoms with Crippen LogP contribution in [0.4, 0.5) is 0 Å². The van der Waals surface area contributed by atoms with E-state index < -0.39 is 0 Å². The first-order chi connectivity index (χ1) is 9.70. The maximum absolute atomic E-state index is 12.5. The zero-order chi connectivity index (χ0) is 14.1. The summed E-state index contributed by atoms with van der Waals surface area (Å²) in [6.45, 7) is 2.64. The molecule has 3 nitrogen and oxygen atoms in total. The van der Waals surface area contributed by atoms with Crippen LogP contribution in [0.3, 0.4) is 0 Å². The molecule has 0 aliphatic heterocycles. The van der Waals surface area contributed by atoms with Gasteiger partial charge in [-0.25, -0.2) is 0 Å². The molecule has 1 N–H and O–H groups in total. The van der Waals surface area contributed by atoms with Crippen LogP contribution in [0.1, 0.15) is 18.1 Å². The van der Waals surface area contributed by atoms with Gasteiger partial charge in [0.15, 0.2) is 4.77 Å². The number of nitrogens with zero attached hydrogens (tertiary/aromatic N) is 1. The summed E-state index contributed by atoms with van der Waals surface area (Å²) in [4.78, 5) is 15.6. The average molecular weight is 302 g/mol. The summed E-state index contributed by atoms with van der Waals surface area (Å²) in [5.74, 6) is 0. The van der Waals surface area contributed by atoms with Crippen LogP contribution in [0.5, 0.6) is 0 Å². The first kappa shape index (κ1) is 13.3. The standard InChI is InChI=1S/C15H14N2OS2/c1-2-10-5-3-4-6-11(10)9-17-14(18)13-12(7-8-20-13)16-15(17)19/h3-8H,2,9H2,1H3,(H,16,19). The van der Waals surface area contributed by atoms with Crippen molar-refractivity contribution >= 4 is 33.8 Å². The molecule has 0 amide bonds. The summed E-state index contributed by atoms with van der Waals surface area (Å²) in [6.07, 6.45) is 0.947. The summed E-state index contributed by atoms with van der Waals surface area (Å²) >= 11 is 6.77. The van der Waals surface area contributed by atoms with Gasteiger partial charge in [-0.05, 0) is 41.2 Å². The second kappa shape index (κ2) is 5.34. The first-order valence-electron chi connectivity index (χ1n) is 6.48. The summed E-state index contributed by atoms with van der Waals surface area (Å²) in [7, 11) is 0. The molecule has 0 bridgehead atoms. The molecule has 20 heavy (non-hydrogen) atoms. The highest BCUT2D eigenvalue weighted by Gasteiger charge is 2.08. The number of H-pyrrole nitrogens is 1. The van der Waals surface area contributed by atoms with Gasteiger partial charge in [-0.3, -0.25) is 9.36 Å². The lowest BCUT2D eigenvalue weighted by molar-refractivity contribution is 0.729. The van der Waals surface area contributed by atoms with E-state index in [1.54, 1.807) is 4.57 Å².